The Balaban J connectivity index is 3.07. The smallest absolute Gasteiger partial charge is 0.113 e. The molecule has 0 aliphatic rings. The lowest BCUT2D eigenvalue weighted by molar-refractivity contribution is 1.52. The minimum absolute atomic E-state index is 0.683. The fraction of sp³-hybridized carbons (Fsp3) is 0.143. The highest BCUT2D eigenvalue weighted by Crippen LogP contribution is 2.13. The van der Waals surface area contributed by atoms with Crippen molar-refractivity contribution >= 4 is 24.7 Å². The first-order valence-corrected chi connectivity index (χ1v) is 3.07. The molecule has 3 heteroatoms. The summed E-state index contributed by atoms with van der Waals surface area (Å²) in [6.07, 6.45) is 0. The molecule has 1 aromatic carbocycles. The molecule has 1 aromatic rings. The molecule has 0 fully saturated rings. The molecule has 0 spiro atoms. The van der Waals surface area contributed by atoms with E-state index in [1.54, 1.807) is 6.07 Å². The average molecular weight is 132 g/mol. The van der Waals surface area contributed by atoms with Crippen LogP contribution in [0.2, 0.25) is 0 Å². The first-order valence-electron chi connectivity index (χ1n) is 3.07. The highest BCUT2D eigenvalue weighted by Gasteiger charge is 1.93. The zero-order chi connectivity index (χ0) is 7.56. The summed E-state index contributed by atoms with van der Waals surface area (Å²) in [5, 5.41) is 2.94. The van der Waals surface area contributed by atoms with Crippen molar-refractivity contribution in [3.8, 4) is 0 Å². The second-order valence-electron chi connectivity index (χ2n) is 2.10. The molecule has 3 N–H and O–H groups in total. The third kappa shape index (κ3) is 1.24. The van der Waals surface area contributed by atoms with Gasteiger partial charge in [-0.15, -0.1) is 0 Å². The summed E-state index contributed by atoms with van der Waals surface area (Å²) in [6, 6.07) is 5.39. The van der Waals surface area contributed by atoms with Crippen LogP contribution in [0.3, 0.4) is 0 Å². The Morgan fingerprint density at radius 3 is 2.70 bits per heavy atom. The summed E-state index contributed by atoms with van der Waals surface area (Å²) in [5.41, 5.74) is 7.87. The Bertz CT molecular complexity index is 235. The van der Waals surface area contributed by atoms with E-state index in [0.29, 0.717) is 11.2 Å². The van der Waals surface area contributed by atoms with Crippen LogP contribution >= 0.6 is 0 Å². The van der Waals surface area contributed by atoms with E-state index in [2.05, 4.69) is 5.32 Å². The Labute approximate surface area is 61.8 Å². The lowest BCUT2D eigenvalue weighted by atomic mass is 9.95. The highest BCUT2D eigenvalue weighted by molar-refractivity contribution is 6.32. The molecule has 1 rings (SSSR count). The van der Waals surface area contributed by atoms with Gasteiger partial charge >= 0.3 is 0 Å². The predicted molar refractivity (Wildman–Crippen MR) is 45.8 cm³/mol. The van der Waals surface area contributed by atoms with Gasteiger partial charge in [0, 0.05) is 7.05 Å². The van der Waals surface area contributed by atoms with Crippen LogP contribution in [0.5, 0.6) is 0 Å². The van der Waals surface area contributed by atoms with Gasteiger partial charge in [0.25, 0.3) is 0 Å². The number of nitrogen functional groups attached to an aromatic ring is 1. The molecule has 50 valence electrons. The number of anilines is 2. The fourth-order valence-electron chi connectivity index (χ4n) is 0.809. The van der Waals surface area contributed by atoms with Gasteiger partial charge in [0.15, 0.2) is 0 Å². The van der Waals surface area contributed by atoms with Crippen molar-refractivity contribution in [3.63, 3.8) is 0 Å². The van der Waals surface area contributed by atoms with Gasteiger partial charge in [-0.25, -0.2) is 0 Å². The standard InChI is InChI=1S/C7H9BN2/c1-10-7-3-2-5(8)4-6(7)9/h2-4,10H,9H2,1H3. The monoisotopic (exact) mass is 132 g/mol. The van der Waals surface area contributed by atoms with Gasteiger partial charge in [0.2, 0.25) is 0 Å². The minimum atomic E-state index is 0.683. The van der Waals surface area contributed by atoms with Gasteiger partial charge < -0.3 is 11.1 Å². The van der Waals surface area contributed by atoms with E-state index in [9.17, 15) is 0 Å². The van der Waals surface area contributed by atoms with Gasteiger partial charge in [-0.05, 0) is 12.1 Å². The number of hydrogen-bond donors (Lipinski definition) is 2. The highest BCUT2D eigenvalue weighted by atomic mass is 14.8. The SMILES string of the molecule is [B]c1ccc(NC)c(N)c1. The number of nitrogens with two attached hydrogens (primary N) is 1. The fourth-order valence-corrected chi connectivity index (χ4v) is 0.809. The molecule has 0 aromatic heterocycles. The van der Waals surface area contributed by atoms with Gasteiger partial charge in [0.1, 0.15) is 7.85 Å². The maximum atomic E-state index is 5.59. The van der Waals surface area contributed by atoms with Gasteiger partial charge in [0.05, 0.1) is 11.4 Å². The Morgan fingerprint density at radius 2 is 2.20 bits per heavy atom. The number of nitrogens with one attached hydrogen (secondary N) is 1. The molecule has 0 aliphatic heterocycles. The molecular weight excluding hydrogens is 123 g/mol. The molecule has 2 radical (unpaired) electrons. The summed E-state index contributed by atoms with van der Waals surface area (Å²) in [5.74, 6) is 0. The summed E-state index contributed by atoms with van der Waals surface area (Å²) >= 11 is 0. The van der Waals surface area contributed by atoms with Gasteiger partial charge in [-0.2, -0.15) is 0 Å². The van der Waals surface area contributed by atoms with Crippen molar-refractivity contribution in [1.82, 2.24) is 0 Å². The Hall–Kier alpha value is -1.12. The summed E-state index contributed by atoms with van der Waals surface area (Å²) in [4.78, 5) is 0. The second-order valence-corrected chi connectivity index (χ2v) is 2.10. The second kappa shape index (κ2) is 2.65. The average Bonchev–Trinajstić information content (AvgIpc) is 1.88. The third-order valence-corrected chi connectivity index (χ3v) is 1.34. The van der Waals surface area contributed by atoms with Crippen LogP contribution in [-0.4, -0.2) is 14.9 Å². The van der Waals surface area contributed by atoms with E-state index >= 15 is 0 Å². The van der Waals surface area contributed by atoms with Gasteiger partial charge in [-0.1, -0.05) is 11.5 Å². The van der Waals surface area contributed by atoms with Crippen molar-refractivity contribution in [3.05, 3.63) is 18.2 Å². The zero-order valence-electron chi connectivity index (χ0n) is 5.89. The van der Waals surface area contributed by atoms with Crippen molar-refractivity contribution in [2.24, 2.45) is 0 Å². The minimum Gasteiger partial charge on any atom is -0.397 e. The van der Waals surface area contributed by atoms with E-state index in [0.717, 1.165) is 5.69 Å². The number of rotatable bonds is 1. The van der Waals surface area contributed by atoms with Crippen LogP contribution < -0.4 is 16.5 Å². The van der Waals surface area contributed by atoms with Crippen molar-refractivity contribution < 1.29 is 0 Å². The summed E-state index contributed by atoms with van der Waals surface area (Å²) in [6.45, 7) is 0. The Morgan fingerprint density at radius 1 is 1.50 bits per heavy atom. The first-order chi connectivity index (χ1) is 4.74. The number of benzene rings is 1. The van der Waals surface area contributed by atoms with Crippen LogP contribution in [0.15, 0.2) is 18.2 Å². The van der Waals surface area contributed by atoms with Crippen LogP contribution in [0.1, 0.15) is 0 Å². The Kier molecular flexibility index (Phi) is 1.85. The molecule has 0 atom stereocenters. The van der Waals surface area contributed by atoms with Crippen LogP contribution in [0.25, 0.3) is 0 Å². The lowest BCUT2D eigenvalue weighted by Crippen LogP contribution is -2.05. The summed E-state index contributed by atoms with van der Waals surface area (Å²) < 4.78 is 0. The topological polar surface area (TPSA) is 38.0 Å². The molecule has 0 aliphatic carbocycles. The van der Waals surface area contributed by atoms with E-state index < -0.39 is 0 Å². The maximum absolute atomic E-state index is 5.59. The molecular formula is C7H9BN2. The quantitative estimate of drug-likeness (QED) is 0.420. The van der Waals surface area contributed by atoms with E-state index in [1.165, 1.54) is 0 Å². The predicted octanol–water partition coefficient (Wildman–Crippen LogP) is 0.104. The molecule has 0 heterocycles. The normalized spacial score (nSPS) is 9.30. The van der Waals surface area contributed by atoms with E-state index in [4.69, 9.17) is 13.6 Å². The maximum Gasteiger partial charge on any atom is 0.113 e. The number of hydrogen-bond acceptors (Lipinski definition) is 2. The van der Waals surface area contributed by atoms with E-state index in [-0.39, 0.29) is 0 Å². The van der Waals surface area contributed by atoms with Crippen molar-refractivity contribution in [2.45, 2.75) is 0 Å². The molecule has 0 unspecified atom stereocenters. The van der Waals surface area contributed by atoms with Crippen LogP contribution in [-0.2, 0) is 0 Å². The third-order valence-electron chi connectivity index (χ3n) is 1.34. The van der Waals surface area contributed by atoms with E-state index in [1.807, 2.05) is 19.2 Å². The summed E-state index contributed by atoms with van der Waals surface area (Å²) in [7, 11) is 7.30. The molecule has 0 saturated carbocycles. The lowest BCUT2D eigenvalue weighted by Gasteiger charge is -2.04. The molecule has 0 saturated heterocycles. The van der Waals surface area contributed by atoms with Gasteiger partial charge in [-0.3, -0.25) is 0 Å². The first kappa shape index (κ1) is 7.00. The van der Waals surface area contributed by atoms with Crippen molar-refractivity contribution in [1.29, 1.82) is 0 Å². The van der Waals surface area contributed by atoms with Crippen LogP contribution in [0, 0.1) is 0 Å². The van der Waals surface area contributed by atoms with Crippen molar-refractivity contribution in [2.75, 3.05) is 18.1 Å². The zero-order valence-corrected chi connectivity index (χ0v) is 5.89. The largest absolute Gasteiger partial charge is 0.397 e. The molecule has 2 nitrogen and oxygen atoms in total. The molecule has 0 amide bonds. The van der Waals surface area contributed by atoms with Crippen LogP contribution in [0.4, 0.5) is 11.4 Å². The molecule has 0 bridgehead atoms. The molecule has 10 heavy (non-hydrogen) atoms.